The fourth-order valence-corrected chi connectivity index (χ4v) is 10.6. The Morgan fingerprint density at radius 3 is 0.959 bits per heavy atom. The van der Waals surface area contributed by atoms with Crippen LogP contribution in [0.5, 0.6) is 0 Å². The highest BCUT2D eigenvalue weighted by Gasteiger charge is 2.20. The van der Waals surface area contributed by atoms with E-state index in [1.165, 1.54) is 295 Å². The van der Waals surface area contributed by atoms with E-state index in [2.05, 4.69) is 43.5 Å². The van der Waals surface area contributed by atoms with Crippen LogP contribution in [0.15, 0.2) is 24.3 Å². The Kier molecular flexibility index (Phi) is 62.4. The third-order valence-corrected chi connectivity index (χ3v) is 15.7. The largest absolute Gasteiger partial charge is 0.466 e. The van der Waals surface area contributed by atoms with Gasteiger partial charge in [-0.15, -0.1) is 0 Å². The number of carbonyl (C=O) groups is 2. The Labute approximate surface area is 462 Å². The van der Waals surface area contributed by atoms with Crippen LogP contribution in [-0.2, 0) is 14.3 Å². The molecule has 0 aliphatic carbocycles. The highest BCUT2D eigenvalue weighted by atomic mass is 16.5. The van der Waals surface area contributed by atoms with Crippen LogP contribution in [0.4, 0.5) is 0 Å². The van der Waals surface area contributed by atoms with Gasteiger partial charge in [0.2, 0.25) is 5.91 Å². The summed E-state index contributed by atoms with van der Waals surface area (Å²) in [5.41, 5.74) is 0. The fourth-order valence-electron chi connectivity index (χ4n) is 10.6. The number of esters is 1. The van der Waals surface area contributed by atoms with Crippen LogP contribution < -0.4 is 5.32 Å². The molecule has 0 spiro atoms. The zero-order valence-electron chi connectivity index (χ0n) is 50.1. The second kappa shape index (κ2) is 63.9. The molecule has 0 saturated carbocycles. The van der Waals surface area contributed by atoms with Gasteiger partial charge >= 0.3 is 5.97 Å². The van der Waals surface area contributed by atoms with Gasteiger partial charge in [0.05, 0.1) is 25.4 Å². The fraction of sp³-hybridized carbons (Fsp3) is 0.912. The van der Waals surface area contributed by atoms with Crippen molar-refractivity contribution in [2.75, 3.05) is 13.2 Å². The lowest BCUT2D eigenvalue weighted by Gasteiger charge is -2.22. The molecule has 1 amide bonds. The van der Waals surface area contributed by atoms with Crippen molar-refractivity contribution >= 4 is 11.9 Å². The average Bonchev–Trinajstić information content (AvgIpc) is 3.40. The minimum Gasteiger partial charge on any atom is -0.466 e. The van der Waals surface area contributed by atoms with Gasteiger partial charge in [0.15, 0.2) is 0 Å². The van der Waals surface area contributed by atoms with Crippen molar-refractivity contribution in [3.8, 4) is 0 Å². The number of carbonyl (C=O) groups excluding carboxylic acids is 2. The number of unbranched alkanes of at least 4 members (excludes halogenated alkanes) is 48. The lowest BCUT2D eigenvalue weighted by molar-refractivity contribution is -0.143. The Bertz CT molecular complexity index is 1150. The topological polar surface area (TPSA) is 95.9 Å². The van der Waals surface area contributed by atoms with Gasteiger partial charge in [-0.25, -0.2) is 0 Å². The molecule has 0 aliphatic heterocycles. The van der Waals surface area contributed by atoms with E-state index in [0.717, 1.165) is 44.9 Å². The van der Waals surface area contributed by atoms with E-state index in [1.807, 2.05) is 0 Å². The molecule has 0 aromatic carbocycles. The standard InChI is InChI=1S/C68H131NO5/c1-3-5-7-9-11-13-15-16-17-18-32-35-38-42-46-50-54-58-62-68(73)74-63-59-55-51-47-43-39-36-33-30-28-26-24-22-20-19-21-23-25-27-29-31-34-37-41-45-49-53-57-61-67(72)69-65(64-70)66(71)60-56-52-48-44-40-14-12-10-8-6-4-2/h17-20,65-66,70-71H,3-16,21-64H2,1-2H3,(H,69,72)/b18-17-,20-19-. The summed E-state index contributed by atoms with van der Waals surface area (Å²) < 4.78 is 5.50. The lowest BCUT2D eigenvalue weighted by atomic mass is 10.0. The van der Waals surface area contributed by atoms with Gasteiger partial charge in [-0.2, -0.15) is 0 Å². The predicted molar refractivity (Wildman–Crippen MR) is 324 cm³/mol. The minimum absolute atomic E-state index is 0.0134. The van der Waals surface area contributed by atoms with Crippen molar-refractivity contribution < 1.29 is 24.5 Å². The van der Waals surface area contributed by atoms with E-state index in [-0.39, 0.29) is 18.5 Å². The Hall–Kier alpha value is -1.66. The molecule has 0 aromatic rings. The molecular weight excluding hydrogens is 911 g/mol. The summed E-state index contributed by atoms with van der Waals surface area (Å²) >= 11 is 0. The van der Waals surface area contributed by atoms with Crippen molar-refractivity contribution in [1.82, 2.24) is 5.32 Å². The molecule has 0 aromatic heterocycles. The predicted octanol–water partition coefficient (Wildman–Crippen LogP) is 21.4. The van der Waals surface area contributed by atoms with Crippen LogP contribution >= 0.6 is 0 Å². The molecule has 3 N–H and O–H groups in total. The van der Waals surface area contributed by atoms with Crippen LogP contribution in [0, 0.1) is 0 Å². The number of hydrogen-bond donors (Lipinski definition) is 3. The number of ether oxygens (including phenoxy) is 1. The van der Waals surface area contributed by atoms with Crippen LogP contribution in [0.25, 0.3) is 0 Å². The van der Waals surface area contributed by atoms with E-state index in [9.17, 15) is 19.8 Å². The SMILES string of the molecule is CCCCCCCCC/C=C\CCCCCCCCCC(=O)OCCCCCCCCCCCCCC/C=C\CCCCCCCCCCCCCCC(=O)NC(CO)C(O)CCCCCCCCCCCCC. The van der Waals surface area contributed by atoms with Gasteiger partial charge < -0.3 is 20.3 Å². The third-order valence-electron chi connectivity index (χ3n) is 15.7. The highest BCUT2D eigenvalue weighted by Crippen LogP contribution is 2.18. The van der Waals surface area contributed by atoms with Crippen LogP contribution in [0.2, 0.25) is 0 Å². The second-order valence-electron chi connectivity index (χ2n) is 23.1. The molecule has 0 heterocycles. The number of hydrogen-bond acceptors (Lipinski definition) is 5. The number of rotatable bonds is 63. The maximum Gasteiger partial charge on any atom is 0.305 e. The highest BCUT2D eigenvalue weighted by molar-refractivity contribution is 5.76. The summed E-state index contributed by atoms with van der Waals surface area (Å²) in [7, 11) is 0. The van der Waals surface area contributed by atoms with E-state index in [4.69, 9.17) is 4.74 Å². The quantitative estimate of drug-likeness (QED) is 0.0320. The van der Waals surface area contributed by atoms with Gasteiger partial charge in [-0.1, -0.05) is 308 Å². The monoisotopic (exact) mass is 1040 g/mol. The number of nitrogens with one attached hydrogen (secondary N) is 1. The second-order valence-corrected chi connectivity index (χ2v) is 23.1. The van der Waals surface area contributed by atoms with E-state index >= 15 is 0 Å². The van der Waals surface area contributed by atoms with Gasteiger partial charge in [0.1, 0.15) is 0 Å². The van der Waals surface area contributed by atoms with E-state index in [0.29, 0.717) is 25.9 Å². The zero-order chi connectivity index (χ0) is 53.6. The number of amides is 1. The third kappa shape index (κ3) is 59.6. The van der Waals surface area contributed by atoms with Crippen LogP contribution in [0.1, 0.15) is 373 Å². The minimum atomic E-state index is -0.662. The number of allylic oxidation sites excluding steroid dienone is 4. The summed E-state index contributed by atoms with van der Waals surface area (Å²) in [6, 6.07) is -0.540. The lowest BCUT2D eigenvalue weighted by Crippen LogP contribution is -2.45. The maximum atomic E-state index is 12.5. The molecule has 6 heteroatoms. The summed E-state index contributed by atoms with van der Waals surface area (Å²) in [6.07, 6.45) is 79.3. The normalized spacial score (nSPS) is 12.6. The number of aliphatic hydroxyl groups is 2. The molecule has 0 rings (SSSR count). The molecule has 74 heavy (non-hydrogen) atoms. The van der Waals surface area contributed by atoms with Gasteiger partial charge in [0, 0.05) is 12.8 Å². The molecule has 0 aliphatic rings. The van der Waals surface area contributed by atoms with Crippen molar-refractivity contribution in [3.63, 3.8) is 0 Å². The zero-order valence-corrected chi connectivity index (χ0v) is 50.1. The Morgan fingerprint density at radius 2 is 0.635 bits per heavy atom. The first-order chi connectivity index (χ1) is 36.5. The summed E-state index contributed by atoms with van der Waals surface area (Å²) in [5.74, 6) is -0.0211. The number of aliphatic hydroxyl groups excluding tert-OH is 2. The maximum absolute atomic E-state index is 12.5. The van der Waals surface area contributed by atoms with Crippen molar-refractivity contribution in [1.29, 1.82) is 0 Å². The molecule has 0 fully saturated rings. The molecule has 438 valence electrons. The smallest absolute Gasteiger partial charge is 0.305 e. The summed E-state index contributed by atoms with van der Waals surface area (Å²) in [6.45, 7) is 4.96. The molecule has 0 bridgehead atoms. The first kappa shape index (κ1) is 72.3. The molecule has 0 saturated heterocycles. The van der Waals surface area contributed by atoms with Gasteiger partial charge in [-0.3, -0.25) is 9.59 Å². The molecule has 2 atom stereocenters. The molecular formula is C68H131NO5. The van der Waals surface area contributed by atoms with E-state index < -0.39 is 12.1 Å². The summed E-state index contributed by atoms with van der Waals surface area (Å²) in [4.78, 5) is 24.5. The molecule has 6 nitrogen and oxygen atoms in total. The first-order valence-electron chi connectivity index (χ1n) is 33.6. The Balaban J connectivity index is 3.34. The van der Waals surface area contributed by atoms with Gasteiger partial charge in [-0.05, 0) is 77.0 Å². The first-order valence-corrected chi connectivity index (χ1v) is 33.6. The average molecular weight is 1040 g/mol. The van der Waals surface area contributed by atoms with Crippen molar-refractivity contribution in [2.45, 2.75) is 386 Å². The summed E-state index contributed by atoms with van der Waals surface area (Å²) in [5, 5.41) is 23.2. The van der Waals surface area contributed by atoms with Crippen molar-refractivity contribution in [2.24, 2.45) is 0 Å². The van der Waals surface area contributed by atoms with Crippen LogP contribution in [-0.4, -0.2) is 47.4 Å². The molecule has 2 unspecified atom stereocenters. The van der Waals surface area contributed by atoms with Gasteiger partial charge in [0.25, 0.3) is 0 Å². The molecule has 0 radical (unpaired) electrons. The van der Waals surface area contributed by atoms with Crippen molar-refractivity contribution in [3.05, 3.63) is 24.3 Å². The van der Waals surface area contributed by atoms with Crippen LogP contribution in [0.3, 0.4) is 0 Å². The Morgan fingerprint density at radius 1 is 0.365 bits per heavy atom. The van der Waals surface area contributed by atoms with E-state index in [1.54, 1.807) is 0 Å².